The van der Waals surface area contributed by atoms with E-state index < -0.39 is 5.97 Å². The van der Waals surface area contributed by atoms with Crippen molar-refractivity contribution in [3.05, 3.63) is 16.1 Å². The molecule has 1 saturated heterocycles. The second kappa shape index (κ2) is 5.98. The van der Waals surface area contributed by atoms with E-state index in [2.05, 4.69) is 10.3 Å². The Kier molecular flexibility index (Phi) is 4.48. The summed E-state index contributed by atoms with van der Waals surface area (Å²) in [6.45, 7) is 7.23. The number of hydrogen-bond acceptors (Lipinski definition) is 5. The van der Waals surface area contributed by atoms with Crippen LogP contribution in [0.15, 0.2) is 5.38 Å². The van der Waals surface area contributed by atoms with E-state index in [-0.39, 0.29) is 23.4 Å². The van der Waals surface area contributed by atoms with Gasteiger partial charge in [0, 0.05) is 11.9 Å². The van der Waals surface area contributed by atoms with E-state index in [0.29, 0.717) is 24.7 Å². The topological polar surface area (TPSA) is 91.8 Å². The van der Waals surface area contributed by atoms with Crippen molar-refractivity contribution in [1.29, 1.82) is 0 Å². The largest absolute Gasteiger partial charge is 0.476 e. The molecule has 1 aromatic rings. The zero-order valence-electron chi connectivity index (χ0n) is 12.3. The fourth-order valence-corrected chi connectivity index (χ4v) is 2.91. The van der Waals surface area contributed by atoms with Gasteiger partial charge in [-0.2, -0.15) is 0 Å². The minimum Gasteiger partial charge on any atom is -0.476 e. The molecule has 1 atom stereocenters. The molecule has 0 aliphatic carbocycles. The zero-order valence-corrected chi connectivity index (χ0v) is 13.1. The minimum atomic E-state index is -1.06. The molecule has 2 rings (SSSR count). The highest BCUT2D eigenvalue weighted by molar-refractivity contribution is 7.09. The van der Waals surface area contributed by atoms with Crippen molar-refractivity contribution in [3.8, 4) is 0 Å². The quantitative estimate of drug-likeness (QED) is 0.886. The molecule has 0 bridgehead atoms. The average Bonchev–Trinajstić information content (AvgIpc) is 2.87. The highest BCUT2D eigenvalue weighted by atomic mass is 32.1. The Morgan fingerprint density at radius 3 is 2.86 bits per heavy atom. The first-order valence-electron chi connectivity index (χ1n) is 6.66. The first kappa shape index (κ1) is 15.7. The molecular formula is C13H19N3O4S. The van der Waals surface area contributed by atoms with Crippen molar-refractivity contribution in [1.82, 2.24) is 15.2 Å². The molecular weight excluding hydrogens is 294 g/mol. The molecule has 21 heavy (non-hydrogen) atoms. The summed E-state index contributed by atoms with van der Waals surface area (Å²) < 4.78 is 5.57. The van der Waals surface area contributed by atoms with Crippen LogP contribution in [-0.4, -0.2) is 52.3 Å². The van der Waals surface area contributed by atoms with E-state index in [0.717, 1.165) is 0 Å². The van der Waals surface area contributed by atoms with Crippen molar-refractivity contribution in [3.63, 3.8) is 0 Å². The standard InChI is InChI=1S/C13H19N3O4S/c1-8(10-15-9(6-21-10)11(17)18)14-12(19)16-4-5-20-13(2,3)7-16/h6,8H,4-5,7H2,1-3H3,(H,14,19)(H,17,18). The Morgan fingerprint density at radius 2 is 2.29 bits per heavy atom. The minimum absolute atomic E-state index is 0.00334. The first-order valence-corrected chi connectivity index (χ1v) is 7.54. The van der Waals surface area contributed by atoms with Crippen LogP contribution < -0.4 is 5.32 Å². The Morgan fingerprint density at radius 1 is 1.57 bits per heavy atom. The number of ether oxygens (including phenoxy) is 1. The van der Waals surface area contributed by atoms with E-state index in [4.69, 9.17) is 9.84 Å². The summed E-state index contributed by atoms with van der Waals surface area (Å²) in [5.41, 5.74) is -0.347. The molecule has 0 saturated carbocycles. The molecule has 116 valence electrons. The Labute approximate surface area is 126 Å². The maximum Gasteiger partial charge on any atom is 0.355 e. The average molecular weight is 313 g/mol. The van der Waals surface area contributed by atoms with Gasteiger partial charge in [0.15, 0.2) is 5.69 Å². The molecule has 1 aromatic heterocycles. The van der Waals surface area contributed by atoms with Gasteiger partial charge in [-0.3, -0.25) is 0 Å². The number of amides is 2. The van der Waals surface area contributed by atoms with Crippen LogP contribution in [0.3, 0.4) is 0 Å². The third kappa shape index (κ3) is 3.92. The summed E-state index contributed by atoms with van der Waals surface area (Å²) in [5.74, 6) is -1.06. The van der Waals surface area contributed by atoms with Crippen LogP contribution in [0.4, 0.5) is 4.79 Å². The summed E-state index contributed by atoms with van der Waals surface area (Å²) in [7, 11) is 0. The highest BCUT2D eigenvalue weighted by Crippen LogP contribution is 2.20. The monoisotopic (exact) mass is 313 g/mol. The fourth-order valence-electron chi connectivity index (χ4n) is 2.11. The smallest absolute Gasteiger partial charge is 0.355 e. The number of nitrogens with one attached hydrogen (secondary N) is 1. The van der Waals surface area contributed by atoms with Crippen LogP contribution in [0.5, 0.6) is 0 Å². The molecule has 1 aliphatic rings. The van der Waals surface area contributed by atoms with E-state index in [9.17, 15) is 9.59 Å². The summed E-state index contributed by atoms with van der Waals surface area (Å²) in [5, 5.41) is 13.7. The molecule has 2 N–H and O–H groups in total. The van der Waals surface area contributed by atoms with Crippen LogP contribution in [0.25, 0.3) is 0 Å². The molecule has 0 spiro atoms. The van der Waals surface area contributed by atoms with Crippen molar-refractivity contribution < 1.29 is 19.4 Å². The molecule has 1 aliphatic heterocycles. The van der Waals surface area contributed by atoms with Gasteiger partial charge in [0.2, 0.25) is 0 Å². The van der Waals surface area contributed by atoms with Gasteiger partial charge in [-0.05, 0) is 20.8 Å². The van der Waals surface area contributed by atoms with Gasteiger partial charge in [-0.15, -0.1) is 11.3 Å². The van der Waals surface area contributed by atoms with Gasteiger partial charge in [0.1, 0.15) is 5.01 Å². The lowest BCUT2D eigenvalue weighted by Gasteiger charge is -2.38. The van der Waals surface area contributed by atoms with E-state index in [1.54, 1.807) is 11.8 Å². The summed E-state index contributed by atoms with van der Waals surface area (Å²) >= 11 is 1.22. The Balaban J connectivity index is 1.96. The van der Waals surface area contributed by atoms with Crippen LogP contribution in [0.2, 0.25) is 0 Å². The lowest BCUT2D eigenvalue weighted by molar-refractivity contribution is -0.0735. The predicted octanol–water partition coefficient (Wildman–Crippen LogP) is 1.72. The van der Waals surface area contributed by atoms with Gasteiger partial charge in [0.25, 0.3) is 0 Å². The van der Waals surface area contributed by atoms with Gasteiger partial charge >= 0.3 is 12.0 Å². The molecule has 1 unspecified atom stereocenters. The molecule has 2 amide bonds. The number of thiazole rings is 1. The molecule has 0 radical (unpaired) electrons. The summed E-state index contributed by atoms with van der Waals surface area (Å²) in [6.07, 6.45) is 0. The number of carboxylic acids is 1. The maximum absolute atomic E-state index is 12.2. The number of morpholine rings is 1. The fraction of sp³-hybridized carbons (Fsp3) is 0.615. The molecule has 8 heteroatoms. The molecule has 2 heterocycles. The van der Waals surface area contributed by atoms with Crippen LogP contribution in [0, 0.1) is 0 Å². The number of aromatic nitrogens is 1. The van der Waals surface area contributed by atoms with Gasteiger partial charge in [-0.25, -0.2) is 14.6 Å². The highest BCUT2D eigenvalue weighted by Gasteiger charge is 2.30. The second-order valence-corrected chi connectivity index (χ2v) is 6.47. The number of carbonyl (C=O) groups is 2. The van der Waals surface area contributed by atoms with Gasteiger partial charge in [0.05, 0.1) is 24.8 Å². The second-order valence-electron chi connectivity index (χ2n) is 5.58. The van der Waals surface area contributed by atoms with Crippen molar-refractivity contribution >= 4 is 23.3 Å². The molecule has 7 nitrogen and oxygen atoms in total. The van der Waals surface area contributed by atoms with Crippen molar-refractivity contribution in [2.75, 3.05) is 19.7 Å². The van der Waals surface area contributed by atoms with E-state index in [1.807, 2.05) is 13.8 Å². The molecule has 1 fully saturated rings. The van der Waals surface area contributed by atoms with Crippen molar-refractivity contribution in [2.24, 2.45) is 0 Å². The predicted molar refractivity (Wildman–Crippen MR) is 77.6 cm³/mol. The number of rotatable bonds is 3. The van der Waals surface area contributed by atoms with E-state index >= 15 is 0 Å². The Bertz CT molecular complexity index is 543. The molecule has 0 aromatic carbocycles. The van der Waals surface area contributed by atoms with Crippen molar-refractivity contribution in [2.45, 2.75) is 32.4 Å². The summed E-state index contributed by atoms with van der Waals surface area (Å²) in [6, 6.07) is -0.521. The SMILES string of the molecule is CC(NC(=O)N1CCOC(C)(C)C1)c1nc(C(=O)O)cs1. The maximum atomic E-state index is 12.2. The number of aromatic carboxylic acids is 1. The number of carboxylic acid groups (broad SMARTS) is 1. The normalized spacial score (nSPS) is 19.1. The summed E-state index contributed by atoms with van der Waals surface area (Å²) in [4.78, 5) is 28.7. The number of urea groups is 1. The van der Waals surface area contributed by atoms with Crippen LogP contribution >= 0.6 is 11.3 Å². The van der Waals surface area contributed by atoms with E-state index in [1.165, 1.54) is 16.7 Å². The zero-order chi connectivity index (χ0) is 15.6. The number of nitrogens with zero attached hydrogens (tertiary/aromatic N) is 2. The third-order valence-electron chi connectivity index (χ3n) is 3.16. The Hall–Kier alpha value is -1.67. The van der Waals surface area contributed by atoms with Crippen LogP contribution in [0.1, 0.15) is 42.3 Å². The van der Waals surface area contributed by atoms with Gasteiger partial charge < -0.3 is 20.1 Å². The lowest BCUT2D eigenvalue weighted by Crippen LogP contribution is -2.53. The lowest BCUT2D eigenvalue weighted by atomic mass is 10.1. The van der Waals surface area contributed by atoms with Crippen LogP contribution in [-0.2, 0) is 4.74 Å². The number of hydrogen-bond donors (Lipinski definition) is 2. The number of carbonyl (C=O) groups excluding carboxylic acids is 1. The van der Waals surface area contributed by atoms with Gasteiger partial charge in [-0.1, -0.05) is 0 Å². The first-order chi connectivity index (χ1) is 9.78. The third-order valence-corrected chi connectivity index (χ3v) is 4.19.